The molecule has 30 heavy (non-hydrogen) atoms. The first-order chi connectivity index (χ1) is 14.5. The van der Waals surface area contributed by atoms with E-state index in [1.54, 1.807) is 25.3 Å². The van der Waals surface area contributed by atoms with E-state index in [1.807, 2.05) is 46.7 Å². The van der Waals surface area contributed by atoms with Crippen LogP contribution in [0.15, 0.2) is 54.6 Å². The number of nitrogens with zero attached hydrogens (tertiary/aromatic N) is 2. The van der Waals surface area contributed by atoms with Gasteiger partial charge in [0.25, 0.3) is 5.91 Å². The van der Waals surface area contributed by atoms with Crippen LogP contribution in [0.4, 0.5) is 4.39 Å². The minimum absolute atomic E-state index is 0.0129. The predicted octanol–water partition coefficient (Wildman–Crippen LogP) is 5.86. The number of ether oxygens (including phenoxy) is 1. The number of carbonyl (C=O) groups is 1. The van der Waals surface area contributed by atoms with Crippen molar-refractivity contribution in [3.05, 3.63) is 71.7 Å². The summed E-state index contributed by atoms with van der Waals surface area (Å²) in [6.07, 6.45) is 1.79. The number of hydrogen-bond acceptors (Lipinski definition) is 2. The SMILES string of the molecule is CCCN(CCC)C(=O)c1cc(-c2ccc(OC)cc2)n(-c2ccccc2F)c1C. The van der Waals surface area contributed by atoms with Crippen LogP contribution in [0, 0.1) is 12.7 Å². The van der Waals surface area contributed by atoms with Crippen LogP contribution < -0.4 is 4.74 Å². The Kier molecular flexibility index (Phi) is 6.93. The zero-order valence-corrected chi connectivity index (χ0v) is 18.1. The summed E-state index contributed by atoms with van der Waals surface area (Å²) < 4.78 is 21.8. The van der Waals surface area contributed by atoms with Crippen LogP contribution in [-0.4, -0.2) is 35.6 Å². The number of aromatic nitrogens is 1. The molecule has 0 aliphatic rings. The lowest BCUT2D eigenvalue weighted by molar-refractivity contribution is 0.0755. The van der Waals surface area contributed by atoms with E-state index in [9.17, 15) is 9.18 Å². The van der Waals surface area contributed by atoms with E-state index in [-0.39, 0.29) is 11.7 Å². The molecule has 1 heterocycles. The van der Waals surface area contributed by atoms with Crippen molar-refractivity contribution in [2.24, 2.45) is 0 Å². The maximum absolute atomic E-state index is 14.7. The lowest BCUT2D eigenvalue weighted by atomic mass is 10.1. The number of benzene rings is 2. The second-order valence-corrected chi connectivity index (χ2v) is 7.34. The molecule has 158 valence electrons. The van der Waals surface area contributed by atoms with Crippen LogP contribution >= 0.6 is 0 Å². The summed E-state index contributed by atoms with van der Waals surface area (Å²) in [7, 11) is 1.62. The van der Waals surface area contributed by atoms with E-state index >= 15 is 0 Å². The van der Waals surface area contributed by atoms with E-state index in [0.717, 1.165) is 35.5 Å². The third-order valence-corrected chi connectivity index (χ3v) is 5.23. The molecule has 0 unspecified atom stereocenters. The number of hydrogen-bond donors (Lipinski definition) is 0. The van der Waals surface area contributed by atoms with Crippen molar-refractivity contribution in [1.29, 1.82) is 0 Å². The lowest BCUT2D eigenvalue weighted by Crippen LogP contribution is -2.32. The quantitative estimate of drug-likeness (QED) is 0.468. The van der Waals surface area contributed by atoms with E-state index < -0.39 is 0 Å². The van der Waals surface area contributed by atoms with E-state index in [4.69, 9.17) is 4.74 Å². The van der Waals surface area contributed by atoms with Crippen molar-refractivity contribution in [1.82, 2.24) is 9.47 Å². The second kappa shape index (κ2) is 9.61. The molecule has 0 saturated carbocycles. The molecular weight excluding hydrogens is 379 g/mol. The molecule has 0 fully saturated rings. The van der Waals surface area contributed by atoms with Crippen molar-refractivity contribution in [2.75, 3.05) is 20.2 Å². The molecule has 3 rings (SSSR count). The average Bonchev–Trinajstić information content (AvgIpc) is 3.10. The third kappa shape index (κ3) is 4.25. The Labute approximate surface area is 177 Å². The first kappa shape index (κ1) is 21.6. The molecule has 0 aliphatic carbocycles. The fourth-order valence-electron chi connectivity index (χ4n) is 3.77. The predicted molar refractivity (Wildman–Crippen MR) is 119 cm³/mol. The Hall–Kier alpha value is -3.08. The number of carbonyl (C=O) groups excluding carboxylic acids is 1. The van der Waals surface area contributed by atoms with Crippen LogP contribution in [0.3, 0.4) is 0 Å². The largest absolute Gasteiger partial charge is 0.497 e. The van der Waals surface area contributed by atoms with Gasteiger partial charge < -0.3 is 14.2 Å². The van der Waals surface area contributed by atoms with Crippen molar-refractivity contribution >= 4 is 5.91 Å². The van der Waals surface area contributed by atoms with Gasteiger partial charge in [-0.1, -0.05) is 26.0 Å². The molecule has 1 amide bonds. The van der Waals surface area contributed by atoms with Gasteiger partial charge in [0, 0.05) is 18.8 Å². The minimum Gasteiger partial charge on any atom is -0.497 e. The van der Waals surface area contributed by atoms with Crippen LogP contribution in [-0.2, 0) is 0 Å². The first-order valence-electron chi connectivity index (χ1n) is 10.4. The number of rotatable bonds is 8. The van der Waals surface area contributed by atoms with Gasteiger partial charge in [-0.15, -0.1) is 0 Å². The van der Waals surface area contributed by atoms with Gasteiger partial charge >= 0.3 is 0 Å². The smallest absolute Gasteiger partial charge is 0.255 e. The standard InChI is InChI=1S/C25H29FN2O2/c1-5-15-27(16-6-2)25(29)21-17-24(19-11-13-20(30-4)14-12-19)28(18(21)3)23-10-8-7-9-22(23)26/h7-14,17H,5-6,15-16H2,1-4H3. The Morgan fingerprint density at radius 2 is 1.67 bits per heavy atom. The van der Waals surface area contributed by atoms with Crippen LogP contribution in [0.5, 0.6) is 5.75 Å². The Bertz CT molecular complexity index is 1000. The number of amides is 1. The summed E-state index contributed by atoms with van der Waals surface area (Å²) in [4.78, 5) is 15.2. The van der Waals surface area contributed by atoms with Gasteiger partial charge in [-0.05, 0) is 67.8 Å². The Morgan fingerprint density at radius 3 is 2.23 bits per heavy atom. The number of methoxy groups -OCH3 is 1. The van der Waals surface area contributed by atoms with Crippen molar-refractivity contribution in [2.45, 2.75) is 33.6 Å². The number of para-hydroxylation sites is 1. The van der Waals surface area contributed by atoms with Gasteiger partial charge in [-0.3, -0.25) is 4.79 Å². The molecule has 0 aliphatic heterocycles. The normalized spacial score (nSPS) is 10.8. The summed E-state index contributed by atoms with van der Waals surface area (Å²) in [6.45, 7) is 7.42. The van der Waals surface area contributed by atoms with Gasteiger partial charge in [-0.25, -0.2) is 4.39 Å². The zero-order chi connectivity index (χ0) is 21.7. The molecule has 0 atom stereocenters. The molecule has 2 aromatic carbocycles. The van der Waals surface area contributed by atoms with Crippen molar-refractivity contribution in [3.63, 3.8) is 0 Å². The van der Waals surface area contributed by atoms with E-state index in [0.29, 0.717) is 24.3 Å². The molecule has 0 N–H and O–H groups in total. The maximum atomic E-state index is 14.7. The highest BCUT2D eigenvalue weighted by atomic mass is 19.1. The third-order valence-electron chi connectivity index (χ3n) is 5.23. The van der Waals surface area contributed by atoms with Gasteiger partial charge in [0.1, 0.15) is 11.6 Å². The summed E-state index contributed by atoms with van der Waals surface area (Å²) in [5.41, 5.74) is 3.42. The molecule has 0 radical (unpaired) electrons. The molecule has 0 bridgehead atoms. The molecule has 0 spiro atoms. The van der Waals surface area contributed by atoms with Crippen LogP contribution in [0.2, 0.25) is 0 Å². The van der Waals surface area contributed by atoms with E-state index in [1.165, 1.54) is 6.07 Å². The fraction of sp³-hybridized carbons (Fsp3) is 0.320. The topological polar surface area (TPSA) is 34.5 Å². The Balaban J connectivity index is 2.18. The summed E-state index contributed by atoms with van der Waals surface area (Å²) in [5, 5.41) is 0. The summed E-state index contributed by atoms with van der Waals surface area (Å²) in [5.74, 6) is 0.401. The van der Waals surface area contributed by atoms with E-state index in [2.05, 4.69) is 13.8 Å². The Morgan fingerprint density at radius 1 is 1.03 bits per heavy atom. The summed E-state index contributed by atoms with van der Waals surface area (Å²) in [6, 6.07) is 16.1. The summed E-state index contributed by atoms with van der Waals surface area (Å²) >= 11 is 0. The number of halogens is 1. The van der Waals surface area contributed by atoms with Gasteiger partial charge in [0.05, 0.1) is 24.1 Å². The highest BCUT2D eigenvalue weighted by molar-refractivity contribution is 5.97. The van der Waals surface area contributed by atoms with Gasteiger partial charge in [0.15, 0.2) is 0 Å². The monoisotopic (exact) mass is 408 g/mol. The maximum Gasteiger partial charge on any atom is 0.255 e. The second-order valence-electron chi connectivity index (χ2n) is 7.34. The molecule has 4 nitrogen and oxygen atoms in total. The first-order valence-corrected chi connectivity index (χ1v) is 10.4. The molecule has 5 heteroatoms. The molecule has 0 saturated heterocycles. The zero-order valence-electron chi connectivity index (χ0n) is 18.1. The van der Waals surface area contributed by atoms with Gasteiger partial charge in [-0.2, -0.15) is 0 Å². The molecule has 3 aromatic rings. The molecular formula is C25H29FN2O2. The molecule has 1 aromatic heterocycles. The van der Waals surface area contributed by atoms with Crippen molar-refractivity contribution < 1.29 is 13.9 Å². The van der Waals surface area contributed by atoms with Crippen LogP contribution in [0.25, 0.3) is 16.9 Å². The minimum atomic E-state index is -0.330. The fourth-order valence-corrected chi connectivity index (χ4v) is 3.77. The highest BCUT2D eigenvalue weighted by Crippen LogP contribution is 2.32. The van der Waals surface area contributed by atoms with Crippen LogP contribution in [0.1, 0.15) is 42.7 Å². The lowest BCUT2D eigenvalue weighted by Gasteiger charge is -2.21. The van der Waals surface area contributed by atoms with Gasteiger partial charge in [0.2, 0.25) is 0 Å². The van der Waals surface area contributed by atoms with Crippen molar-refractivity contribution in [3.8, 4) is 22.7 Å². The highest BCUT2D eigenvalue weighted by Gasteiger charge is 2.24. The average molecular weight is 409 g/mol.